The number of sulfonamides is 1. The van der Waals surface area contributed by atoms with Gasteiger partial charge in [0.25, 0.3) is 0 Å². The fourth-order valence-electron chi connectivity index (χ4n) is 0.967. The van der Waals surface area contributed by atoms with Crippen molar-refractivity contribution in [1.82, 2.24) is 9.71 Å². The Labute approximate surface area is 92.5 Å². The number of aromatic amines is 1. The lowest BCUT2D eigenvalue weighted by molar-refractivity contribution is -0.142. The summed E-state index contributed by atoms with van der Waals surface area (Å²) in [6, 6.07) is 1.42. The normalized spacial score (nSPS) is 11.5. The molecule has 90 valence electrons. The van der Waals surface area contributed by atoms with Gasteiger partial charge >= 0.3 is 5.97 Å². The van der Waals surface area contributed by atoms with Gasteiger partial charge in [-0.05, 0) is 6.07 Å². The van der Waals surface area contributed by atoms with Gasteiger partial charge in [-0.2, -0.15) is 0 Å². The van der Waals surface area contributed by atoms with Crippen LogP contribution < -0.4 is 4.72 Å². The highest BCUT2D eigenvalue weighted by Crippen LogP contribution is 2.04. The number of aliphatic carboxylic acids is 1. The summed E-state index contributed by atoms with van der Waals surface area (Å²) < 4.78 is 29.9. The van der Waals surface area contributed by atoms with Crippen molar-refractivity contribution in [3.8, 4) is 0 Å². The van der Waals surface area contributed by atoms with Gasteiger partial charge in [-0.1, -0.05) is 0 Å². The molecule has 0 aliphatic carbocycles. The number of rotatable bonds is 7. The average molecular weight is 248 g/mol. The Morgan fingerprint density at radius 1 is 1.56 bits per heavy atom. The van der Waals surface area contributed by atoms with Gasteiger partial charge in [-0.25, -0.2) is 17.9 Å². The molecule has 0 atom stereocenters. The molecule has 0 spiro atoms. The molecule has 0 bridgehead atoms. The lowest BCUT2D eigenvalue weighted by atomic mass is 10.7. The zero-order chi connectivity index (χ0) is 12.0. The van der Waals surface area contributed by atoms with Gasteiger partial charge in [0, 0.05) is 18.9 Å². The van der Waals surface area contributed by atoms with E-state index in [-0.39, 0.29) is 18.0 Å². The number of carboxylic acid groups (broad SMARTS) is 1. The van der Waals surface area contributed by atoms with Gasteiger partial charge in [-0.3, -0.25) is 0 Å². The van der Waals surface area contributed by atoms with Gasteiger partial charge in [0.1, 0.15) is 6.61 Å². The van der Waals surface area contributed by atoms with E-state index < -0.39 is 22.6 Å². The maximum atomic E-state index is 11.5. The lowest BCUT2D eigenvalue weighted by Gasteiger charge is -2.04. The molecule has 0 aliphatic heterocycles. The fourth-order valence-corrected chi connectivity index (χ4v) is 1.96. The Kier molecular flexibility index (Phi) is 4.47. The molecule has 0 radical (unpaired) electrons. The fraction of sp³-hybridized carbons (Fsp3) is 0.375. The predicted molar refractivity (Wildman–Crippen MR) is 54.4 cm³/mol. The third kappa shape index (κ3) is 4.01. The van der Waals surface area contributed by atoms with Crippen LogP contribution in [0.2, 0.25) is 0 Å². The second-order valence-corrected chi connectivity index (χ2v) is 4.66. The van der Waals surface area contributed by atoms with E-state index in [2.05, 4.69) is 14.4 Å². The van der Waals surface area contributed by atoms with Crippen molar-refractivity contribution in [3.05, 3.63) is 18.5 Å². The molecule has 0 unspecified atom stereocenters. The van der Waals surface area contributed by atoms with Crippen LogP contribution >= 0.6 is 0 Å². The van der Waals surface area contributed by atoms with E-state index in [1.54, 1.807) is 0 Å². The minimum absolute atomic E-state index is 0.00987. The summed E-state index contributed by atoms with van der Waals surface area (Å²) in [6.45, 7) is -0.400. The third-order valence-electron chi connectivity index (χ3n) is 1.64. The maximum absolute atomic E-state index is 11.5. The number of aromatic nitrogens is 1. The van der Waals surface area contributed by atoms with Gasteiger partial charge in [-0.15, -0.1) is 0 Å². The van der Waals surface area contributed by atoms with Crippen LogP contribution in [0.3, 0.4) is 0 Å². The van der Waals surface area contributed by atoms with E-state index >= 15 is 0 Å². The smallest absolute Gasteiger partial charge is 0.329 e. The average Bonchev–Trinajstić information content (AvgIpc) is 2.69. The number of carboxylic acids is 1. The van der Waals surface area contributed by atoms with Crippen molar-refractivity contribution < 1.29 is 23.1 Å². The summed E-state index contributed by atoms with van der Waals surface area (Å²) in [4.78, 5) is 12.8. The van der Waals surface area contributed by atoms with Gasteiger partial charge < -0.3 is 14.8 Å². The first-order chi connectivity index (χ1) is 7.52. The Morgan fingerprint density at radius 3 is 2.88 bits per heavy atom. The highest BCUT2D eigenvalue weighted by molar-refractivity contribution is 7.89. The number of nitrogens with one attached hydrogen (secondary N) is 2. The molecule has 1 aromatic heterocycles. The number of hydrogen-bond acceptors (Lipinski definition) is 4. The number of carbonyl (C=O) groups is 1. The van der Waals surface area contributed by atoms with Crippen LogP contribution in [0, 0.1) is 0 Å². The highest BCUT2D eigenvalue weighted by atomic mass is 32.2. The van der Waals surface area contributed by atoms with Crippen LogP contribution in [-0.4, -0.2) is 44.2 Å². The summed E-state index contributed by atoms with van der Waals surface area (Å²) in [5, 5.41) is 8.26. The van der Waals surface area contributed by atoms with Crippen molar-refractivity contribution in [2.75, 3.05) is 19.8 Å². The van der Waals surface area contributed by atoms with Crippen molar-refractivity contribution in [1.29, 1.82) is 0 Å². The molecule has 0 aromatic carbocycles. The van der Waals surface area contributed by atoms with Crippen LogP contribution in [0.15, 0.2) is 23.4 Å². The van der Waals surface area contributed by atoms with Crippen molar-refractivity contribution in [3.63, 3.8) is 0 Å². The Morgan fingerprint density at radius 2 is 2.31 bits per heavy atom. The van der Waals surface area contributed by atoms with Crippen molar-refractivity contribution in [2.24, 2.45) is 0 Å². The van der Waals surface area contributed by atoms with Crippen LogP contribution in [0.4, 0.5) is 0 Å². The summed E-state index contributed by atoms with van der Waals surface area (Å²) in [6.07, 6.45) is 2.84. The molecule has 16 heavy (non-hydrogen) atoms. The molecular formula is C8H12N2O5S. The molecule has 0 amide bonds. The SMILES string of the molecule is O=C(O)COCCNS(=O)(=O)c1cc[nH]c1. The Hall–Kier alpha value is -1.38. The van der Waals surface area contributed by atoms with Gasteiger partial charge in [0.05, 0.1) is 11.5 Å². The third-order valence-corrected chi connectivity index (χ3v) is 3.10. The van der Waals surface area contributed by atoms with Gasteiger partial charge in [0.15, 0.2) is 0 Å². The maximum Gasteiger partial charge on any atom is 0.329 e. The summed E-state index contributed by atoms with van der Waals surface area (Å²) >= 11 is 0. The van der Waals surface area contributed by atoms with E-state index in [1.807, 2.05) is 0 Å². The molecule has 1 aromatic rings. The number of hydrogen-bond donors (Lipinski definition) is 3. The Bertz CT molecular complexity index is 425. The largest absolute Gasteiger partial charge is 0.480 e. The lowest BCUT2D eigenvalue weighted by Crippen LogP contribution is -2.27. The summed E-state index contributed by atoms with van der Waals surface area (Å²) in [5.74, 6) is -1.09. The topological polar surface area (TPSA) is 108 Å². The van der Waals surface area contributed by atoms with Crippen LogP contribution in [0.25, 0.3) is 0 Å². The van der Waals surface area contributed by atoms with Gasteiger partial charge in [0.2, 0.25) is 10.0 Å². The number of H-pyrrole nitrogens is 1. The molecular weight excluding hydrogens is 236 g/mol. The zero-order valence-electron chi connectivity index (χ0n) is 8.34. The zero-order valence-corrected chi connectivity index (χ0v) is 9.16. The number of ether oxygens (including phenoxy) is 1. The van der Waals surface area contributed by atoms with Crippen molar-refractivity contribution in [2.45, 2.75) is 4.90 Å². The Balaban J connectivity index is 2.30. The molecule has 7 nitrogen and oxygen atoms in total. The second-order valence-electron chi connectivity index (χ2n) is 2.89. The molecule has 1 rings (SSSR count). The quantitative estimate of drug-likeness (QED) is 0.558. The molecule has 1 heterocycles. The first-order valence-corrected chi connectivity index (χ1v) is 5.92. The molecule has 8 heteroatoms. The minimum atomic E-state index is -3.53. The first-order valence-electron chi connectivity index (χ1n) is 4.44. The summed E-state index contributed by atoms with van der Waals surface area (Å²) in [7, 11) is -3.53. The molecule has 0 aliphatic rings. The van der Waals surface area contributed by atoms with Crippen molar-refractivity contribution >= 4 is 16.0 Å². The molecule has 0 saturated heterocycles. The van der Waals surface area contributed by atoms with E-state index in [0.29, 0.717) is 0 Å². The molecule has 0 fully saturated rings. The summed E-state index contributed by atoms with van der Waals surface area (Å²) in [5.41, 5.74) is 0. The van der Waals surface area contributed by atoms with E-state index in [1.165, 1.54) is 18.5 Å². The minimum Gasteiger partial charge on any atom is -0.480 e. The van der Waals surface area contributed by atoms with E-state index in [4.69, 9.17) is 5.11 Å². The van der Waals surface area contributed by atoms with Crippen LogP contribution in [-0.2, 0) is 19.6 Å². The highest BCUT2D eigenvalue weighted by Gasteiger charge is 2.12. The molecule has 3 N–H and O–H groups in total. The first kappa shape index (κ1) is 12.7. The van der Waals surface area contributed by atoms with E-state index in [0.717, 1.165) is 0 Å². The standard InChI is InChI=1S/C8H12N2O5S/c11-8(12)6-15-4-3-10-16(13,14)7-1-2-9-5-7/h1-2,5,9-10H,3-4,6H2,(H,11,12). The molecule has 0 saturated carbocycles. The monoisotopic (exact) mass is 248 g/mol. The van der Waals surface area contributed by atoms with Crippen LogP contribution in [0.1, 0.15) is 0 Å². The second kappa shape index (κ2) is 5.64. The van der Waals surface area contributed by atoms with E-state index in [9.17, 15) is 13.2 Å². The predicted octanol–water partition coefficient (Wildman–Crippen LogP) is -0.606. The van der Waals surface area contributed by atoms with Crippen LogP contribution in [0.5, 0.6) is 0 Å².